The first-order valence-electron chi connectivity index (χ1n) is 15.3. The molecule has 0 saturated carbocycles. The molecule has 1 unspecified atom stereocenters. The second-order valence-electron chi connectivity index (χ2n) is 11.9. The quantitative estimate of drug-likeness (QED) is 0.202. The van der Waals surface area contributed by atoms with E-state index >= 15 is 0 Å². The van der Waals surface area contributed by atoms with Crippen molar-refractivity contribution < 1.29 is 23.9 Å². The lowest BCUT2D eigenvalue weighted by molar-refractivity contribution is -0.132. The summed E-state index contributed by atoms with van der Waals surface area (Å²) >= 11 is 0. The zero-order valence-corrected chi connectivity index (χ0v) is 26.1. The highest BCUT2D eigenvalue weighted by atomic mass is 16.5. The third-order valence-electron chi connectivity index (χ3n) is 7.58. The number of benzene rings is 3. The van der Waals surface area contributed by atoms with Gasteiger partial charge in [0.15, 0.2) is 5.82 Å². The van der Waals surface area contributed by atoms with Crippen molar-refractivity contribution in [1.29, 1.82) is 0 Å². The molecule has 0 aliphatic carbocycles. The Morgan fingerprint density at radius 1 is 0.913 bits per heavy atom. The van der Waals surface area contributed by atoms with Gasteiger partial charge in [-0.2, -0.15) is 0 Å². The van der Waals surface area contributed by atoms with Crippen LogP contribution in [-0.2, 0) is 25.7 Å². The molecule has 2 heterocycles. The maximum absolute atomic E-state index is 13.8. The van der Waals surface area contributed by atoms with E-state index in [1.165, 1.54) is 6.33 Å². The molecule has 2 atom stereocenters. The van der Waals surface area contributed by atoms with E-state index in [4.69, 9.17) is 15.2 Å². The number of amides is 3. The molecule has 4 aromatic rings. The minimum Gasteiger partial charge on any atom is -0.457 e. The lowest BCUT2D eigenvalue weighted by Crippen LogP contribution is -2.56. The molecule has 1 fully saturated rings. The molecule has 46 heavy (non-hydrogen) atoms. The number of aromatic nitrogens is 2. The maximum atomic E-state index is 13.8. The highest BCUT2D eigenvalue weighted by Crippen LogP contribution is 2.28. The van der Waals surface area contributed by atoms with Crippen molar-refractivity contribution in [2.45, 2.75) is 50.9 Å². The first-order valence-corrected chi connectivity index (χ1v) is 15.3. The second-order valence-corrected chi connectivity index (χ2v) is 11.9. The van der Waals surface area contributed by atoms with Crippen molar-refractivity contribution in [1.82, 2.24) is 19.8 Å². The fourth-order valence-electron chi connectivity index (χ4n) is 5.05. The molecule has 4 N–H and O–H groups in total. The molecule has 240 valence electrons. The molecule has 1 aromatic heterocycles. The molecule has 3 amide bonds. The number of rotatable bonds is 13. The summed E-state index contributed by atoms with van der Waals surface area (Å²) < 4.78 is 13.4. The molecule has 0 spiro atoms. The molecule has 1 saturated heterocycles. The number of nitrogens with zero attached hydrogens (tertiary/aromatic N) is 3. The number of anilines is 1. The van der Waals surface area contributed by atoms with Crippen LogP contribution < -0.4 is 21.1 Å². The topological polar surface area (TPSA) is 141 Å². The van der Waals surface area contributed by atoms with Crippen LogP contribution in [0.4, 0.5) is 5.82 Å². The van der Waals surface area contributed by atoms with E-state index < -0.39 is 29.4 Å². The lowest BCUT2D eigenvalue weighted by Gasteiger charge is -2.25. The van der Waals surface area contributed by atoms with Gasteiger partial charge in [-0.15, -0.1) is 0 Å². The van der Waals surface area contributed by atoms with Crippen LogP contribution in [-0.4, -0.2) is 63.4 Å². The fourth-order valence-corrected chi connectivity index (χ4v) is 5.05. The van der Waals surface area contributed by atoms with E-state index in [0.29, 0.717) is 24.6 Å². The van der Waals surface area contributed by atoms with E-state index in [1.54, 1.807) is 24.6 Å². The Bertz CT molecular complexity index is 1600. The van der Waals surface area contributed by atoms with Crippen molar-refractivity contribution in [3.63, 3.8) is 0 Å². The van der Waals surface area contributed by atoms with Crippen LogP contribution in [0.1, 0.15) is 43.9 Å². The Kier molecular flexibility index (Phi) is 10.5. The molecule has 1 aliphatic heterocycles. The van der Waals surface area contributed by atoms with Gasteiger partial charge in [-0.3, -0.25) is 14.4 Å². The first kappa shape index (κ1) is 32.4. The van der Waals surface area contributed by atoms with Crippen LogP contribution in [0.2, 0.25) is 0 Å². The highest BCUT2D eigenvalue weighted by molar-refractivity contribution is 5.98. The average Bonchev–Trinajstić information content (AvgIpc) is 3.75. The first-order chi connectivity index (χ1) is 22.2. The van der Waals surface area contributed by atoms with Crippen molar-refractivity contribution >= 4 is 23.5 Å². The summed E-state index contributed by atoms with van der Waals surface area (Å²) in [5.74, 6) is 0.490. The third-order valence-corrected chi connectivity index (χ3v) is 7.58. The summed E-state index contributed by atoms with van der Waals surface area (Å²) in [6.45, 7) is 4.66. The minimum atomic E-state index is -1.20. The number of carbonyl (C=O) groups is 3. The van der Waals surface area contributed by atoms with E-state index in [-0.39, 0.29) is 24.9 Å². The Hall–Kier alpha value is -5.00. The molecule has 0 radical (unpaired) electrons. The number of hydrogen-bond donors (Lipinski definition) is 3. The second kappa shape index (κ2) is 14.9. The molecule has 11 heteroatoms. The van der Waals surface area contributed by atoms with Gasteiger partial charge < -0.3 is 35.3 Å². The van der Waals surface area contributed by atoms with Crippen molar-refractivity contribution in [3.05, 3.63) is 109 Å². The van der Waals surface area contributed by atoms with Gasteiger partial charge in [0.2, 0.25) is 11.8 Å². The van der Waals surface area contributed by atoms with Crippen LogP contribution in [0.3, 0.4) is 0 Å². The summed E-state index contributed by atoms with van der Waals surface area (Å²) in [5.41, 5.74) is 6.45. The van der Waals surface area contributed by atoms with Gasteiger partial charge in [0, 0.05) is 19.3 Å². The van der Waals surface area contributed by atoms with Gasteiger partial charge in [-0.05, 0) is 62.1 Å². The van der Waals surface area contributed by atoms with Crippen LogP contribution >= 0.6 is 0 Å². The number of nitrogens with two attached hydrogens (primary N) is 1. The van der Waals surface area contributed by atoms with E-state index in [0.717, 1.165) is 24.0 Å². The summed E-state index contributed by atoms with van der Waals surface area (Å²) in [7, 11) is 0. The molecular weight excluding hydrogens is 584 g/mol. The third kappa shape index (κ3) is 8.58. The van der Waals surface area contributed by atoms with Crippen molar-refractivity contribution in [2.24, 2.45) is 5.73 Å². The standard InChI is InChI=1S/C35H40N6O5/c1-35(2,36)34(44)38-29(23-45-22-25-11-5-3-6-12-25)32(42)39-30-21-41(24-37-30)31(33(43)40-19-9-10-20-40)26-15-17-28(18-16-26)46-27-13-7-4-8-14-27/h3-8,11-18,21,24,29,31H,9-10,19-20,22-23,36H2,1-2H3,(H,38,44)(H,39,42)/t29-,31?/m1/s1. The predicted molar refractivity (Wildman–Crippen MR) is 174 cm³/mol. The normalized spacial score (nSPS) is 14.4. The predicted octanol–water partition coefficient (Wildman–Crippen LogP) is 4.26. The largest absolute Gasteiger partial charge is 0.457 e. The summed E-state index contributed by atoms with van der Waals surface area (Å²) in [5, 5.41) is 5.46. The van der Waals surface area contributed by atoms with Gasteiger partial charge in [-0.1, -0.05) is 60.7 Å². The van der Waals surface area contributed by atoms with Gasteiger partial charge in [0.1, 0.15) is 23.6 Å². The number of imidazole rings is 1. The molecule has 3 aromatic carbocycles. The highest BCUT2D eigenvalue weighted by Gasteiger charge is 2.31. The number of hydrogen-bond acceptors (Lipinski definition) is 7. The van der Waals surface area contributed by atoms with E-state index in [1.807, 2.05) is 89.8 Å². The molecular formula is C35H40N6O5. The summed E-state index contributed by atoms with van der Waals surface area (Å²) in [4.78, 5) is 46.1. The zero-order valence-electron chi connectivity index (χ0n) is 26.1. The van der Waals surface area contributed by atoms with Gasteiger partial charge in [0.05, 0.1) is 25.1 Å². The van der Waals surface area contributed by atoms with Gasteiger partial charge >= 0.3 is 0 Å². The van der Waals surface area contributed by atoms with Gasteiger partial charge in [0.25, 0.3) is 5.91 Å². The zero-order chi connectivity index (χ0) is 32.5. The van der Waals surface area contributed by atoms with Crippen LogP contribution in [0.5, 0.6) is 11.5 Å². The number of nitrogens with one attached hydrogen (secondary N) is 2. The number of para-hydroxylation sites is 1. The SMILES string of the molecule is CC(C)(N)C(=O)N[C@H](COCc1ccccc1)C(=O)Nc1cn(C(C(=O)N2CCCC2)c2ccc(Oc3ccccc3)cc2)cn1. The van der Waals surface area contributed by atoms with Gasteiger partial charge in [-0.25, -0.2) is 4.98 Å². The summed E-state index contributed by atoms with van der Waals surface area (Å²) in [6, 6.07) is 24.6. The van der Waals surface area contributed by atoms with Crippen molar-refractivity contribution in [2.75, 3.05) is 25.0 Å². The fraction of sp³-hybridized carbons (Fsp3) is 0.314. The molecule has 11 nitrogen and oxygen atoms in total. The Morgan fingerprint density at radius 3 is 2.20 bits per heavy atom. The van der Waals surface area contributed by atoms with E-state index in [2.05, 4.69) is 15.6 Å². The molecule has 1 aliphatic rings. The Morgan fingerprint density at radius 2 is 1.54 bits per heavy atom. The van der Waals surface area contributed by atoms with Crippen LogP contribution in [0.15, 0.2) is 97.5 Å². The summed E-state index contributed by atoms with van der Waals surface area (Å²) in [6.07, 6.45) is 5.03. The smallest absolute Gasteiger partial charge is 0.250 e. The number of carbonyl (C=O) groups excluding carboxylic acids is 3. The molecule has 5 rings (SSSR count). The Labute approximate surface area is 268 Å². The molecule has 0 bridgehead atoms. The lowest BCUT2D eigenvalue weighted by atomic mass is 10.1. The van der Waals surface area contributed by atoms with Crippen LogP contribution in [0.25, 0.3) is 0 Å². The Balaban J connectivity index is 1.32. The van der Waals surface area contributed by atoms with Crippen LogP contribution in [0, 0.1) is 0 Å². The number of ether oxygens (including phenoxy) is 2. The average molecular weight is 625 g/mol. The van der Waals surface area contributed by atoms with E-state index in [9.17, 15) is 14.4 Å². The number of likely N-dealkylation sites (tertiary alicyclic amines) is 1. The monoisotopic (exact) mass is 624 g/mol. The minimum absolute atomic E-state index is 0.0610. The van der Waals surface area contributed by atoms with Crippen molar-refractivity contribution in [3.8, 4) is 11.5 Å². The maximum Gasteiger partial charge on any atom is 0.250 e.